The Labute approximate surface area is 148 Å². The molecule has 0 unspecified atom stereocenters. The molecule has 2 aliphatic rings. The molecule has 1 saturated heterocycles. The monoisotopic (exact) mass is 336 g/mol. The van der Waals surface area contributed by atoms with Gasteiger partial charge in [-0.3, -0.25) is 0 Å². The smallest absolute Gasteiger partial charge is 0.318 e. The van der Waals surface area contributed by atoms with Gasteiger partial charge in [-0.25, -0.2) is 9.78 Å². The van der Waals surface area contributed by atoms with Crippen LogP contribution in [0, 0.1) is 0 Å². The number of benzene rings is 1. The van der Waals surface area contributed by atoms with Crippen molar-refractivity contribution in [3.05, 3.63) is 59.8 Å². The zero-order valence-corrected chi connectivity index (χ0v) is 14.4. The van der Waals surface area contributed by atoms with Crippen molar-refractivity contribution >= 4 is 11.8 Å². The Bertz CT molecular complexity index is 725. The van der Waals surface area contributed by atoms with Gasteiger partial charge in [0, 0.05) is 32.4 Å². The van der Waals surface area contributed by atoms with Crippen LogP contribution < -0.4 is 10.2 Å². The molecule has 2 amide bonds. The number of aromatic nitrogens is 1. The number of fused-ring (bicyclic) bond motifs is 1. The summed E-state index contributed by atoms with van der Waals surface area (Å²) in [6, 6.07) is 14.6. The van der Waals surface area contributed by atoms with Crippen molar-refractivity contribution in [2.45, 2.75) is 25.3 Å². The van der Waals surface area contributed by atoms with Gasteiger partial charge in [-0.15, -0.1) is 0 Å². The molecule has 130 valence electrons. The second-order valence-corrected chi connectivity index (χ2v) is 6.76. The van der Waals surface area contributed by atoms with Crippen LogP contribution >= 0.6 is 0 Å². The van der Waals surface area contributed by atoms with E-state index >= 15 is 0 Å². The highest BCUT2D eigenvalue weighted by atomic mass is 16.2. The summed E-state index contributed by atoms with van der Waals surface area (Å²) in [5.41, 5.74) is 2.66. The molecular weight excluding hydrogens is 312 g/mol. The third-order valence-corrected chi connectivity index (χ3v) is 5.21. The van der Waals surface area contributed by atoms with E-state index in [1.54, 1.807) is 0 Å². The van der Waals surface area contributed by atoms with E-state index in [9.17, 15) is 4.79 Å². The maximum Gasteiger partial charge on any atom is 0.318 e. The van der Waals surface area contributed by atoms with E-state index in [4.69, 9.17) is 0 Å². The first-order valence-corrected chi connectivity index (χ1v) is 9.10. The molecule has 0 radical (unpaired) electrons. The van der Waals surface area contributed by atoms with Gasteiger partial charge in [0.05, 0.1) is 6.04 Å². The zero-order valence-electron chi connectivity index (χ0n) is 14.4. The third-order valence-electron chi connectivity index (χ3n) is 5.21. The van der Waals surface area contributed by atoms with Crippen molar-refractivity contribution in [2.75, 3.05) is 31.1 Å². The Kier molecular flexibility index (Phi) is 4.55. The first kappa shape index (κ1) is 15.9. The van der Waals surface area contributed by atoms with E-state index in [0.29, 0.717) is 0 Å². The number of aryl methyl sites for hydroxylation is 1. The molecule has 1 atom stereocenters. The van der Waals surface area contributed by atoms with Crippen molar-refractivity contribution < 1.29 is 4.79 Å². The van der Waals surface area contributed by atoms with Crippen LogP contribution in [-0.4, -0.2) is 42.1 Å². The van der Waals surface area contributed by atoms with Crippen molar-refractivity contribution in [3.63, 3.8) is 0 Å². The molecule has 1 aliphatic heterocycles. The number of pyridine rings is 1. The van der Waals surface area contributed by atoms with Gasteiger partial charge in [-0.05, 0) is 42.5 Å². The van der Waals surface area contributed by atoms with Crippen molar-refractivity contribution in [1.82, 2.24) is 15.2 Å². The van der Waals surface area contributed by atoms with Gasteiger partial charge in [-0.2, -0.15) is 0 Å². The highest BCUT2D eigenvalue weighted by molar-refractivity contribution is 5.75. The van der Waals surface area contributed by atoms with Crippen LogP contribution in [0.4, 0.5) is 10.6 Å². The van der Waals surface area contributed by atoms with E-state index in [2.05, 4.69) is 39.5 Å². The van der Waals surface area contributed by atoms with Gasteiger partial charge < -0.3 is 15.1 Å². The van der Waals surface area contributed by atoms with Crippen molar-refractivity contribution in [2.24, 2.45) is 0 Å². The summed E-state index contributed by atoms with van der Waals surface area (Å²) in [5.74, 6) is 0.990. The molecule has 5 heteroatoms. The summed E-state index contributed by atoms with van der Waals surface area (Å²) < 4.78 is 0. The normalized spacial score (nSPS) is 20.1. The topological polar surface area (TPSA) is 48.5 Å². The molecule has 4 rings (SSSR count). The maximum atomic E-state index is 12.7. The molecule has 2 heterocycles. The molecule has 1 N–H and O–H groups in total. The molecule has 25 heavy (non-hydrogen) atoms. The first-order valence-electron chi connectivity index (χ1n) is 9.10. The quantitative estimate of drug-likeness (QED) is 0.917. The molecular formula is C20H24N4O. The minimum Gasteiger partial charge on any atom is -0.353 e. The molecule has 2 aromatic rings. The van der Waals surface area contributed by atoms with Crippen LogP contribution in [0.2, 0.25) is 0 Å². The SMILES string of the molecule is O=C(N[C@H]1CCCc2ccccc21)N1CCN(c2ccccn2)CC1. The molecule has 1 aliphatic carbocycles. The standard InChI is InChI=1S/C20H24N4O/c25-20(22-18-9-5-7-16-6-1-2-8-17(16)18)24-14-12-23(13-15-24)19-10-3-4-11-21-19/h1-4,6,8,10-11,18H,5,7,9,12-15H2,(H,22,25)/t18-/m0/s1. The van der Waals surface area contributed by atoms with Gasteiger partial charge in [-0.1, -0.05) is 30.3 Å². The van der Waals surface area contributed by atoms with Crippen molar-refractivity contribution in [1.29, 1.82) is 0 Å². The van der Waals surface area contributed by atoms with Gasteiger partial charge in [0.25, 0.3) is 0 Å². The average Bonchev–Trinajstić information content (AvgIpc) is 2.69. The lowest BCUT2D eigenvalue weighted by Crippen LogP contribution is -2.52. The number of hydrogen-bond acceptors (Lipinski definition) is 3. The number of nitrogens with zero attached hydrogens (tertiary/aromatic N) is 3. The van der Waals surface area contributed by atoms with Gasteiger partial charge in [0.1, 0.15) is 5.82 Å². The summed E-state index contributed by atoms with van der Waals surface area (Å²) in [5, 5.41) is 3.25. The van der Waals surface area contributed by atoms with E-state index in [1.807, 2.05) is 29.3 Å². The number of nitrogens with one attached hydrogen (secondary N) is 1. The minimum atomic E-state index is 0.0578. The Morgan fingerprint density at radius 1 is 1.04 bits per heavy atom. The number of anilines is 1. The number of urea groups is 1. The van der Waals surface area contributed by atoms with Gasteiger partial charge >= 0.3 is 6.03 Å². The van der Waals surface area contributed by atoms with E-state index in [1.165, 1.54) is 11.1 Å². The van der Waals surface area contributed by atoms with E-state index < -0.39 is 0 Å². The fraction of sp³-hybridized carbons (Fsp3) is 0.400. The predicted molar refractivity (Wildman–Crippen MR) is 98.7 cm³/mol. The maximum absolute atomic E-state index is 12.7. The molecule has 1 fully saturated rings. The molecule has 0 spiro atoms. The summed E-state index contributed by atoms with van der Waals surface area (Å²) in [4.78, 5) is 21.3. The second kappa shape index (κ2) is 7.13. The number of piperazine rings is 1. The van der Waals surface area contributed by atoms with Gasteiger partial charge in [0.2, 0.25) is 0 Å². The van der Waals surface area contributed by atoms with Crippen LogP contribution in [0.15, 0.2) is 48.7 Å². The summed E-state index contributed by atoms with van der Waals surface area (Å²) >= 11 is 0. The summed E-state index contributed by atoms with van der Waals surface area (Å²) in [6.07, 6.45) is 5.09. The molecule has 1 aromatic heterocycles. The number of rotatable bonds is 2. The fourth-order valence-corrected chi connectivity index (χ4v) is 3.82. The Morgan fingerprint density at radius 3 is 2.64 bits per heavy atom. The van der Waals surface area contributed by atoms with Crippen LogP contribution in [0.25, 0.3) is 0 Å². The highest BCUT2D eigenvalue weighted by Gasteiger charge is 2.26. The number of carbonyl (C=O) groups excluding carboxylic acids is 1. The Hall–Kier alpha value is -2.56. The molecule has 0 bridgehead atoms. The Morgan fingerprint density at radius 2 is 1.84 bits per heavy atom. The molecule has 5 nitrogen and oxygen atoms in total. The Balaban J connectivity index is 1.36. The highest BCUT2D eigenvalue weighted by Crippen LogP contribution is 2.29. The zero-order chi connectivity index (χ0) is 17.1. The fourth-order valence-electron chi connectivity index (χ4n) is 3.82. The van der Waals surface area contributed by atoms with Crippen molar-refractivity contribution in [3.8, 4) is 0 Å². The summed E-state index contributed by atoms with van der Waals surface area (Å²) in [6.45, 7) is 3.12. The lowest BCUT2D eigenvalue weighted by molar-refractivity contribution is 0.189. The minimum absolute atomic E-state index is 0.0578. The van der Waals surface area contributed by atoms with Crippen LogP contribution in [-0.2, 0) is 6.42 Å². The molecule has 1 aromatic carbocycles. The lowest BCUT2D eigenvalue weighted by atomic mass is 9.88. The van der Waals surface area contributed by atoms with Crippen LogP contribution in [0.1, 0.15) is 30.0 Å². The van der Waals surface area contributed by atoms with Gasteiger partial charge in [0.15, 0.2) is 0 Å². The van der Waals surface area contributed by atoms with E-state index in [0.717, 1.165) is 51.3 Å². The number of carbonyl (C=O) groups is 1. The summed E-state index contributed by atoms with van der Waals surface area (Å²) in [7, 11) is 0. The van der Waals surface area contributed by atoms with Crippen LogP contribution in [0.3, 0.4) is 0 Å². The number of amides is 2. The average molecular weight is 336 g/mol. The molecule has 0 saturated carbocycles. The van der Waals surface area contributed by atoms with E-state index in [-0.39, 0.29) is 12.1 Å². The largest absolute Gasteiger partial charge is 0.353 e. The third kappa shape index (κ3) is 3.45. The number of hydrogen-bond donors (Lipinski definition) is 1. The second-order valence-electron chi connectivity index (χ2n) is 6.76. The first-order chi connectivity index (χ1) is 12.3. The van der Waals surface area contributed by atoms with Crippen LogP contribution in [0.5, 0.6) is 0 Å². The predicted octanol–water partition coefficient (Wildman–Crippen LogP) is 2.99. The lowest BCUT2D eigenvalue weighted by Gasteiger charge is -2.36.